The quantitative estimate of drug-likeness (QED) is 0.705. The number of nitrogens with two attached hydrogens (primary N) is 1. The highest BCUT2D eigenvalue weighted by Crippen LogP contribution is 2.18. The Hall–Kier alpha value is -0.810. The van der Waals surface area contributed by atoms with Gasteiger partial charge in [-0.1, -0.05) is 13.8 Å². The Balaban J connectivity index is 2.41. The summed E-state index contributed by atoms with van der Waals surface area (Å²) < 4.78 is 5.30. The van der Waals surface area contributed by atoms with Crippen LogP contribution in [0.4, 0.5) is 4.79 Å². The van der Waals surface area contributed by atoms with Gasteiger partial charge in [0.1, 0.15) is 5.60 Å². The van der Waals surface area contributed by atoms with Crippen molar-refractivity contribution in [1.82, 2.24) is 10.6 Å². The molecule has 1 saturated carbocycles. The normalized spacial score (nSPS) is 24.1. The summed E-state index contributed by atoms with van der Waals surface area (Å²) in [5, 5.41) is 6.59. The number of ether oxygens (including phenoxy) is 1. The molecule has 1 aliphatic rings. The maximum absolute atomic E-state index is 11.8. The Morgan fingerprint density at radius 3 is 2.32 bits per heavy atom. The van der Waals surface area contributed by atoms with Crippen LogP contribution in [-0.2, 0) is 4.74 Å². The van der Waals surface area contributed by atoms with E-state index in [4.69, 9.17) is 10.5 Å². The van der Waals surface area contributed by atoms with E-state index >= 15 is 0 Å². The molecular weight excluding hydrogens is 278 g/mol. The van der Waals surface area contributed by atoms with Gasteiger partial charge in [0, 0.05) is 24.7 Å². The molecule has 1 unspecified atom stereocenters. The van der Waals surface area contributed by atoms with Crippen molar-refractivity contribution in [3.63, 3.8) is 0 Å². The van der Waals surface area contributed by atoms with Crippen molar-refractivity contribution >= 4 is 6.09 Å². The van der Waals surface area contributed by atoms with Crippen molar-refractivity contribution < 1.29 is 9.53 Å². The minimum absolute atomic E-state index is 0.284. The lowest BCUT2D eigenvalue weighted by molar-refractivity contribution is 0.0519. The van der Waals surface area contributed by atoms with Gasteiger partial charge < -0.3 is 21.1 Å². The Morgan fingerprint density at radius 2 is 1.82 bits per heavy atom. The van der Waals surface area contributed by atoms with Gasteiger partial charge in [-0.05, 0) is 58.8 Å². The molecule has 0 heterocycles. The van der Waals surface area contributed by atoms with E-state index in [2.05, 4.69) is 24.5 Å². The van der Waals surface area contributed by atoms with E-state index in [1.165, 1.54) is 0 Å². The maximum atomic E-state index is 11.8. The predicted octanol–water partition coefficient (Wildman–Crippen LogP) is 2.79. The Bertz CT molecular complexity index is 331. The Kier molecular flexibility index (Phi) is 7.63. The third-order valence-corrected chi connectivity index (χ3v) is 3.89. The molecule has 0 saturated heterocycles. The average molecular weight is 313 g/mol. The van der Waals surface area contributed by atoms with E-state index in [-0.39, 0.29) is 12.1 Å². The topological polar surface area (TPSA) is 76.4 Å². The molecule has 1 fully saturated rings. The number of carbonyl (C=O) groups excluding carboxylic acids is 1. The predicted molar refractivity (Wildman–Crippen MR) is 90.8 cm³/mol. The summed E-state index contributed by atoms with van der Waals surface area (Å²) in [4.78, 5) is 11.8. The molecule has 0 aromatic carbocycles. The van der Waals surface area contributed by atoms with Crippen LogP contribution in [0.25, 0.3) is 0 Å². The van der Waals surface area contributed by atoms with Gasteiger partial charge in [0.05, 0.1) is 0 Å². The fourth-order valence-corrected chi connectivity index (χ4v) is 2.92. The van der Waals surface area contributed by atoms with Gasteiger partial charge in [0.25, 0.3) is 0 Å². The smallest absolute Gasteiger partial charge is 0.407 e. The lowest BCUT2D eigenvalue weighted by atomic mass is 9.90. The highest BCUT2D eigenvalue weighted by atomic mass is 16.6. The van der Waals surface area contributed by atoms with Crippen LogP contribution >= 0.6 is 0 Å². The molecule has 0 aromatic heterocycles. The third kappa shape index (κ3) is 8.59. The summed E-state index contributed by atoms with van der Waals surface area (Å²) in [6.45, 7) is 10.7. The summed E-state index contributed by atoms with van der Waals surface area (Å²) in [5.74, 6) is 0.587. The maximum Gasteiger partial charge on any atom is 0.407 e. The van der Waals surface area contributed by atoms with Crippen molar-refractivity contribution in [1.29, 1.82) is 0 Å². The van der Waals surface area contributed by atoms with Gasteiger partial charge in [-0.25, -0.2) is 4.79 Å². The summed E-state index contributed by atoms with van der Waals surface area (Å²) in [6, 6.07) is 1.16. The van der Waals surface area contributed by atoms with E-state index in [0.29, 0.717) is 24.5 Å². The summed E-state index contributed by atoms with van der Waals surface area (Å²) in [6.07, 6.45) is 5.13. The van der Waals surface area contributed by atoms with Crippen molar-refractivity contribution in [2.75, 3.05) is 6.54 Å². The minimum atomic E-state index is -0.454. The minimum Gasteiger partial charge on any atom is -0.444 e. The zero-order valence-corrected chi connectivity index (χ0v) is 14.9. The molecule has 22 heavy (non-hydrogen) atoms. The van der Waals surface area contributed by atoms with Crippen LogP contribution in [-0.4, -0.2) is 36.4 Å². The van der Waals surface area contributed by atoms with Crippen LogP contribution in [0, 0.1) is 5.92 Å². The van der Waals surface area contributed by atoms with Crippen molar-refractivity contribution in [3.05, 3.63) is 0 Å². The van der Waals surface area contributed by atoms with Crippen LogP contribution < -0.4 is 16.4 Å². The molecule has 5 nitrogen and oxygen atoms in total. The van der Waals surface area contributed by atoms with E-state index in [0.717, 1.165) is 32.1 Å². The van der Waals surface area contributed by atoms with Crippen LogP contribution in [0.5, 0.6) is 0 Å². The number of alkyl carbamates (subject to hydrolysis) is 1. The first kappa shape index (κ1) is 19.2. The number of hydrogen-bond donors (Lipinski definition) is 3. The molecule has 0 radical (unpaired) electrons. The second-order valence-corrected chi connectivity index (χ2v) is 7.99. The fourth-order valence-electron chi connectivity index (χ4n) is 2.92. The molecule has 1 rings (SSSR count). The molecule has 130 valence electrons. The SMILES string of the molecule is CC(C)CC(CNC(=O)OC(C)(C)C)NC1CCC(N)CC1. The molecule has 1 amide bonds. The zero-order chi connectivity index (χ0) is 16.8. The van der Waals surface area contributed by atoms with E-state index in [1.807, 2.05) is 20.8 Å². The standard InChI is InChI=1S/C17H35N3O2/c1-12(2)10-15(11-19-16(21)22-17(3,4)5)20-14-8-6-13(18)7-9-14/h12-15,20H,6-11,18H2,1-5H3,(H,19,21). The Labute approximate surface area is 135 Å². The summed E-state index contributed by atoms with van der Waals surface area (Å²) in [5.41, 5.74) is 5.51. The highest BCUT2D eigenvalue weighted by Gasteiger charge is 2.23. The van der Waals surface area contributed by atoms with Crippen LogP contribution in [0.15, 0.2) is 0 Å². The molecule has 1 atom stereocenters. The fraction of sp³-hybridized carbons (Fsp3) is 0.941. The summed E-state index contributed by atoms with van der Waals surface area (Å²) in [7, 11) is 0. The number of carbonyl (C=O) groups is 1. The zero-order valence-electron chi connectivity index (χ0n) is 14.9. The van der Waals surface area contributed by atoms with E-state index in [9.17, 15) is 4.79 Å². The summed E-state index contributed by atoms with van der Waals surface area (Å²) >= 11 is 0. The molecule has 0 aliphatic heterocycles. The van der Waals surface area contributed by atoms with Gasteiger partial charge in [0.15, 0.2) is 0 Å². The molecule has 4 N–H and O–H groups in total. The molecule has 0 bridgehead atoms. The van der Waals surface area contributed by atoms with Crippen LogP contribution in [0.2, 0.25) is 0 Å². The van der Waals surface area contributed by atoms with E-state index in [1.54, 1.807) is 0 Å². The number of nitrogens with one attached hydrogen (secondary N) is 2. The first-order valence-corrected chi connectivity index (χ1v) is 8.64. The van der Waals surface area contributed by atoms with Gasteiger partial charge in [-0.15, -0.1) is 0 Å². The molecule has 5 heteroatoms. The third-order valence-electron chi connectivity index (χ3n) is 3.89. The highest BCUT2D eigenvalue weighted by molar-refractivity contribution is 5.67. The Morgan fingerprint density at radius 1 is 1.23 bits per heavy atom. The van der Waals surface area contributed by atoms with E-state index < -0.39 is 5.60 Å². The largest absolute Gasteiger partial charge is 0.444 e. The molecule has 0 spiro atoms. The molecular formula is C17H35N3O2. The van der Waals surface area contributed by atoms with Crippen LogP contribution in [0.3, 0.4) is 0 Å². The van der Waals surface area contributed by atoms with Crippen LogP contribution in [0.1, 0.15) is 66.7 Å². The van der Waals surface area contributed by atoms with Gasteiger partial charge in [0.2, 0.25) is 0 Å². The number of rotatable bonds is 6. The second kappa shape index (κ2) is 8.73. The van der Waals surface area contributed by atoms with Crippen molar-refractivity contribution in [2.24, 2.45) is 11.7 Å². The first-order chi connectivity index (χ1) is 10.2. The monoisotopic (exact) mass is 313 g/mol. The lowest BCUT2D eigenvalue weighted by Crippen LogP contribution is -2.48. The van der Waals surface area contributed by atoms with Crippen molar-refractivity contribution in [2.45, 2.75) is 90.4 Å². The molecule has 0 aromatic rings. The van der Waals surface area contributed by atoms with Gasteiger partial charge >= 0.3 is 6.09 Å². The van der Waals surface area contributed by atoms with Gasteiger partial charge in [-0.3, -0.25) is 0 Å². The number of hydrogen-bond acceptors (Lipinski definition) is 4. The molecule has 1 aliphatic carbocycles. The van der Waals surface area contributed by atoms with Crippen molar-refractivity contribution in [3.8, 4) is 0 Å². The first-order valence-electron chi connectivity index (χ1n) is 8.64. The lowest BCUT2D eigenvalue weighted by Gasteiger charge is -2.32. The average Bonchev–Trinajstić information content (AvgIpc) is 2.36. The number of amides is 1. The van der Waals surface area contributed by atoms with Gasteiger partial charge in [-0.2, -0.15) is 0 Å². The second-order valence-electron chi connectivity index (χ2n) is 7.99.